The van der Waals surface area contributed by atoms with Crippen LogP contribution in [0.2, 0.25) is 5.02 Å². The van der Waals surface area contributed by atoms with Crippen LogP contribution in [0, 0.1) is 19.7 Å². The molecule has 180 valence electrons. The van der Waals surface area contributed by atoms with Gasteiger partial charge in [0, 0.05) is 10.6 Å². The number of carbonyl (C=O) groups excluding carboxylic acids is 1. The fourth-order valence-corrected chi connectivity index (χ4v) is 3.96. The van der Waals surface area contributed by atoms with Crippen molar-refractivity contribution in [2.45, 2.75) is 33.4 Å². The highest BCUT2D eigenvalue weighted by molar-refractivity contribution is 6.31. The fraction of sp³-hybridized carbons (Fsp3) is 0.185. The van der Waals surface area contributed by atoms with E-state index in [2.05, 4.69) is 17.0 Å². The van der Waals surface area contributed by atoms with E-state index in [0.29, 0.717) is 39.8 Å². The van der Waals surface area contributed by atoms with E-state index in [-0.39, 0.29) is 18.9 Å². The normalized spacial score (nSPS) is 10.9. The second-order valence-electron chi connectivity index (χ2n) is 8.01. The molecule has 2 heterocycles. The van der Waals surface area contributed by atoms with Crippen molar-refractivity contribution in [2.75, 3.05) is 5.32 Å². The summed E-state index contributed by atoms with van der Waals surface area (Å²) in [5.41, 5.74) is 3.16. The molecule has 0 aliphatic rings. The number of halogens is 2. The Kier molecular flexibility index (Phi) is 7.36. The van der Waals surface area contributed by atoms with Crippen LogP contribution in [0.15, 0.2) is 71.7 Å². The molecule has 4 aromatic rings. The van der Waals surface area contributed by atoms with E-state index in [4.69, 9.17) is 20.8 Å². The third-order valence-electron chi connectivity index (χ3n) is 5.58. The second-order valence-corrected chi connectivity index (χ2v) is 8.42. The number of furan rings is 1. The van der Waals surface area contributed by atoms with Crippen molar-refractivity contribution in [3.05, 3.63) is 112 Å². The van der Waals surface area contributed by atoms with Crippen LogP contribution in [0.4, 0.5) is 10.1 Å². The zero-order valence-corrected chi connectivity index (χ0v) is 20.2. The number of rotatable bonds is 9. The minimum Gasteiger partial charge on any atom is -0.485 e. The molecule has 6 nitrogen and oxygen atoms in total. The van der Waals surface area contributed by atoms with Crippen molar-refractivity contribution >= 4 is 23.2 Å². The number of allylic oxidation sites excluding steroid dienone is 1. The molecular weight excluding hydrogens is 469 g/mol. The van der Waals surface area contributed by atoms with E-state index < -0.39 is 11.7 Å². The first-order valence-electron chi connectivity index (χ1n) is 11.1. The molecule has 1 N–H and O–H groups in total. The third-order valence-corrected chi connectivity index (χ3v) is 5.94. The zero-order valence-electron chi connectivity index (χ0n) is 19.5. The van der Waals surface area contributed by atoms with Gasteiger partial charge in [0.15, 0.2) is 5.76 Å². The molecule has 8 heteroatoms. The Labute approximate surface area is 208 Å². The molecule has 35 heavy (non-hydrogen) atoms. The first-order chi connectivity index (χ1) is 16.9. The van der Waals surface area contributed by atoms with Crippen LogP contribution in [0.1, 0.15) is 38.8 Å². The SMILES string of the molecule is C=CCc1ccccc1OCc1ccc(C(=O)Nc2c(C)nn(Cc3c(F)cccc3Cl)c2C)o1. The van der Waals surface area contributed by atoms with Crippen molar-refractivity contribution in [3.8, 4) is 5.75 Å². The van der Waals surface area contributed by atoms with Gasteiger partial charge in [0.05, 0.1) is 23.6 Å². The molecular formula is C27H25ClFN3O3. The largest absolute Gasteiger partial charge is 0.485 e. The summed E-state index contributed by atoms with van der Waals surface area (Å²) in [5.74, 6) is 0.572. The number of amides is 1. The van der Waals surface area contributed by atoms with Gasteiger partial charge in [-0.15, -0.1) is 6.58 Å². The maximum atomic E-state index is 14.2. The summed E-state index contributed by atoms with van der Waals surface area (Å²) in [4.78, 5) is 12.8. The summed E-state index contributed by atoms with van der Waals surface area (Å²) >= 11 is 6.16. The van der Waals surface area contributed by atoms with Gasteiger partial charge in [0.25, 0.3) is 5.91 Å². The fourth-order valence-electron chi connectivity index (χ4n) is 3.74. The van der Waals surface area contributed by atoms with E-state index in [1.54, 1.807) is 42.8 Å². The minimum absolute atomic E-state index is 0.142. The van der Waals surface area contributed by atoms with Crippen molar-refractivity contribution in [2.24, 2.45) is 0 Å². The molecule has 0 spiro atoms. The number of hydrogen-bond donors (Lipinski definition) is 1. The maximum absolute atomic E-state index is 14.2. The lowest BCUT2D eigenvalue weighted by molar-refractivity contribution is 0.0992. The van der Waals surface area contributed by atoms with Gasteiger partial charge in [-0.25, -0.2) is 4.39 Å². The minimum atomic E-state index is -0.419. The zero-order chi connectivity index (χ0) is 24.9. The van der Waals surface area contributed by atoms with Crippen LogP contribution >= 0.6 is 11.6 Å². The van der Waals surface area contributed by atoms with Crippen LogP contribution in [0.5, 0.6) is 5.75 Å². The van der Waals surface area contributed by atoms with Gasteiger partial charge >= 0.3 is 0 Å². The van der Waals surface area contributed by atoms with Crippen LogP contribution in [0.25, 0.3) is 0 Å². The Bertz CT molecular complexity index is 1360. The van der Waals surface area contributed by atoms with Gasteiger partial charge in [-0.1, -0.05) is 41.9 Å². The lowest BCUT2D eigenvalue weighted by Crippen LogP contribution is -2.13. The van der Waals surface area contributed by atoms with E-state index >= 15 is 0 Å². The van der Waals surface area contributed by atoms with Crippen molar-refractivity contribution in [1.82, 2.24) is 9.78 Å². The third kappa shape index (κ3) is 5.46. The van der Waals surface area contributed by atoms with Crippen molar-refractivity contribution < 1.29 is 18.3 Å². The molecule has 0 saturated carbocycles. The maximum Gasteiger partial charge on any atom is 0.291 e. The Morgan fingerprint density at radius 2 is 2.00 bits per heavy atom. The lowest BCUT2D eigenvalue weighted by atomic mass is 10.1. The Balaban J connectivity index is 1.44. The number of nitrogens with zero attached hydrogens (tertiary/aromatic N) is 2. The van der Waals surface area contributed by atoms with E-state index in [1.165, 1.54) is 6.07 Å². The predicted octanol–water partition coefficient (Wildman–Crippen LogP) is 6.49. The van der Waals surface area contributed by atoms with Crippen LogP contribution < -0.4 is 10.1 Å². The topological polar surface area (TPSA) is 69.3 Å². The molecule has 2 aromatic carbocycles. The van der Waals surface area contributed by atoms with Gasteiger partial charge in [-0.2, -0.15) is 5.10 Å². The van der Waals surface area contributed by atoms with Gasteiger partial charge in [0.1, 0.15) is 23.9 Å². The summed E-state index contributed by atoms with van der Waals surface area (Å²) < 4.78 is 27.4. The molecule has 4 rings (SSSR count). The number of aryl methyl sites for hydroxylation is 1. The van der Waals surface area contributed by atoms with Gasteiger partial charge in [0.2, 0.25) is 0 Å². The molecule has 1 amide bonds. The Morgan fingerprint density at radius 1 is 1.20 bits per heavy atom. The average Bonchev–Trinajstić information content (AvgIpc) is 3.41. The standard InChI is InChI=1S/C27H25ClFN3O3/c1-4-8-19-9-5-6-12-24(19)34-16-20-13-14-25(35-20)27(33)30-26-17(2)31-32(18(26)3)15-21-22(28)10-7-11-23(21)29/h4-7,9-14H,1,8,15-16H2,2-3H3,(H,30,33). The number of carbonyl (C=O) groups is 1. The van der Waals surface area contributed by atoms with Gasteiger partial charge < -0.3 is 14.5 Å². The highest BCUT2D eigenvalue weighted by atomic mass is 35.5. The van der Waals surface area contributed by atoms with E-state index in [1.807, 2.05) is 30.3 Å². The summed E-state index contributed by atoms with van der Waals surface area (Å²) in [6, 6.07) is 15.5. The number of nitrogens with one attached hydrogen (secondary N) is 1. The molecule has 0 unspecified atom stereocenters. The number of hydrogen-bond acceptors (Lipinski definition) is 4. The predicted molar refractivity (Wildman–Crippen MR) is 134 cm³/mol. The number of ether oxygens (including phenoxy) is 1. The second kappa shape index (κ2) is 10.6. The van der Waals surface area contributed by atoms with Crippen LogP contribution in [0.3, 0.4) is 0 Å². The molecule has 0 aliphatic heterocycles. The first-order valence-corrected chi connectivity index (χ1v) is 11.4. The highest BCUT2D eigenvalue weighted by Gasteiger charge is 2.19. The van der Waals surface area contributed by atoms with Crippen LogP contribution in [-0.4, -0.2) is 15.7 Å². The molecule has 0 aliphatic carbocycles. The van der Waals surface area contributed by atoms with E-state index in [9.17, 15) is 9.18 Å². The van der Waals surface area contributed by atoms with E-state index in [0.717, 1.165) is 11.3 Å². The number of anilines is 1. The molecule has 0 atom stereocenters. The van der Waals surface area contributed by atoms with Crippen LogP contribution in [-0.2, 0) is 19.6 Å². The molecule has 0 bridgehead atoms. The number of aromatic nitrogens is 2. The average molecular weight is 494 g/mol. The van der Waals surface area contributed by atoms with Gasteiger partial charge in [-0.05, 0) is 56.2 Å². The smallest absolute Gasteiger partial charge is 0.291 e. The van der Waals surface area contributed by atoms with Crippen molar-refractivity contribution in [1.29, 1.82) is 0 Å². The monoisotopic (exact) mass is 493 g/mol. The molecule has 0 saturated heterocycles. The number of benzene rings is 2. The summed E-state index contributed by atoms with van der Waals surface area (Å²) in [5, 5.41) is 7.61. The highest BCUT2D eigenvalue weighted by Crippen LogP contribution is 2.25. The summed E-state index contributed by atoms with van der Waals surface area (Å²) in [6.07, 6.45) is 2.51. The summed E-state index contributed by atoms with van der Waals surface area (Å²) in [6.45, 7) is 7.66. The first kappa shape index (κ1) is 24.3. The Morgan fingerprint density at radius 3 is 2.77 bits per heavy atom. The van der Waals surface area contributed by atoms with Gasteiger partial charge in [-0.3, -0.25) is 9.48 Å². The Hall–Kier alpha value is -3.84. The lowest BCUT2D eigenvalue weighted by Gasteiger charge is -2.09. The molecule has 0 fully saturated rings. The molecule has 2 aromatic heterocycles. The summed E-state index contributed by atoms with van der Waals surface area (Å²) in [7, 11) is 0. The molecule has 0 radical (unpaired) electrons. The van der Waals surface area contributed by atoms with Crippen molar-refractivity contribution in [3.63, 3.8) is 0 Å². The quantitative estimate of drug-likeness (QED) is 0.270. The number of para-hydroxylation sites is 1.